The van der Waals surface area contributed by atoms with E-state index in [-0.39, 0.29) is 12.2 Å². The lowest BCUT2D eigenvalue weighted by Gasteiger charge is -2.35. The van der Waals surface area contributed by atoms with Gasteiger partial charge in [0, 0.05) is 12.5 Å². The van der Waals surface area contributed by atoms with Gasteiger partial charge in [-0.3, -0.25) is 0 Å². The first-order chi connectivity index (χ1) is 14.5. The molecule has 6 nitrogen and oxygen atoms in total. The minimum absolute atomic E-state index is 0.181. The first-order valence-electron chi connectivity index (χ1n) is 10.7. The summed E-state index contributed by atoms with van der Waals surface area (Å²) in [5.74, 6) is -0.394. The van der Waals surface area contributed by atoms with Crippen LogP contribution in [0.2, 0.25) is 0 Å². The molecule has 0 aromatic carbocycles. The van der Waals surface area contributed by atoms with Crippen molar-refractivity contribution in [2.45, 2.75) is 82.1 Å². The van der Waals surface area contributed by atoms with E-state index in [0.717, 1.165) is 19.3 Å². The number of carbonyl (C=O) groups is 1. The van der Waals surface area contributed by atoms with Crippen LogP contribution in [0.4, 0.5) is 0 Å². The number of allylic oxidation sites excluding steroid dienone is 5. The largest absolute Gasteiger partial charge is 0.460 e. The highest BCUT2D eigenvalue weighted by molar-refractivity contribution is 5.82. The van der Waals surface area contributed by atoms with Crippen LogP contribution in [0.15, 0.2) is 60.8 Å². The number of hydrogen-bond acceptors (Lipinski definition) is 6. The molecule has 6 heteroatoms. The molecule has 0 radical (unpaired) electrons. The maximum Gasteiger partial charge on any atom is 0.331 e. The Morgan fingerprint density at radius 2 is 1.73 bits per heavy atom. The Bertz CT molecular complexity index is 663. The van der Waals surface area contributed by atoms with Crippen LogP contribution < -0.4 is 0 Å². The normalized spacial score (nSPS) is 34.7. The zero-order chi connectivity index (χ0) is 21.8. The summed E-state index contributed by atoms with van der Waals surface area (Å²) in [6.07, 6.45) is 17.9. The molecule has 30 heavy (non-hydrogen) atoms. The third-order valence-electron chi connectivity index (χ3n) is 5.05. The quantitative estimate of drug-likeness (QED) is 0.414. The number of aliphatic hydroxyl groups is 3. The second-order valence-electron chi connectivity index (χ2n) is 7.76. The minimum atomic E-state index is -0.943. The zero-order valence-corrected chi connectivity index (χ0v) is 17.5. The van der Waals surface area contributed by atoms with E-state index in [4.69, 9.17) is 9.47 Å². The van der Waals surface area contributed by atoms with Gasteiger partial charge in [0.15, 0.2) is 0 Å². The lowest BCUT2D eigenvalue weighted by atomic mass is 9.95. The molecule has 2 rings (SSSR count). The van der Waals surface area contributed by atoms with Gasteiger partial charge in [0.2, 0.25) is 0 Å². The molecular weight excluding hydrogens is 384 g/mol. The van der Waals surface area contributed by atoms with Gasteiger partial charge in [-0.05, 0) is 39.0 Å². The molecule has 2 aliphatic rings. The van der Waals surface area contributed by atoms with Crippen LogP contribution in [0.25, 0.3) is 0 Å². The molecule has 2 heterocycles. The van der Waals surface area contributed by atoms with Gasteiger partial charge in [0.1, 0.15) is 12.2 Å². The molecule has 6 unspecified atom stereocenters. The van der Waals surface area contributed by atoms with Crippen LogP contribution >= 0.6 is 0 Å². The second-order valence-corrected chi connectivity index (χ2v) is 7.76. The Balaban J connectivity index is 2.02. The van der Waals surface area contributed by atoms with Crippen molar-refractivity contribution >= 4 is 5.97 Å². The minimum Gasteiger partial charge on any atom is -0.460 e. The van der Waals surface area contributed by atoms with Crippen molar-refractivity contribution in [3.8, 4) is 0 Å². The number of hydrogen-bond donors (Lipinski definition) is 3. The number of fused-ring (bicyclic) bond motifs is 2. The summed E-state index contributed by atoms with van der Waals surface area (Å²) < 4.78 is 11.3. The number of ether oxygens (including phenoxy) is 2. The fraction of sp³-hybridized carbons (Fsp3) is 0.542. The van der Waals surface area contributed by atoms with E-state index in [2.05, 4.69) is 0 Å². The van der Waals surface area contributed by atoms with Crippen molar-refractivity contribution in [1.29, 1.82) is 0 Å². The molecule has 2 aliphatic heterocycles. The highest BCUT2D eigenvalue weighted by Gasteiger charge is 2.34. The van der Waals surface area contributed by atoms with E-state index in [0.29, 0.717) is 19.3 Å². The van der Waals surface area contributed by atoms with Crippen LogP contribution in [0.3, 0.4) is 0 Å². The van der Waals surface area contributed by atoms with Gasteiger partial charge < -0.3 is 24.8 Å². The molecule has 1 saturated heterocycles. The molecule has 166 valence electrons. The van der Waals surface area contributed by atoms with Gasteiger partial charge in [0.05, 0.1) is 24.4 Å². The van der Waals surface area contributed by atoms with Gasteiger partial charge in [-0.1, -0.05) is 54.7 Å². The van der Waals surface area contributed by atoms with Crippen molar-refractivity contribution in [1.82, 2.24) is 0 Å². The molecule has 6 atom stereocenters. The topological polar surface area (TPSA) is 96.2 Å². The van der Waals surface area contributed by atoms with Crippen molar-refractivity contribution in [3.63, 3.8) is 0 Å². The standard InChI is InChI=1S/C24H34O6/c1-18-11-5-2-9-15-22-24(28)21(26)17-20(30-22)14-8-3-6-12-19(25)13-7-4-10-16-23(27)29-18/h3-4,6-10,12,15-16,18-22,24-26,28H,2,5,11,13-14,17H2,1H3. The second kappa shape index (κ2) is 13.3. The Morgan fingerprint density at radius 1 is 0.967 bits per heavy atom. The lowest BCUT2D eigenvalue weighted by Crippen LogP contribution is -2.47. The fourth-order valence-electron chi connectivity index (χ4n) is 3.36. The van der Waals surface area contributed by atoms with E-state index in [1.165, 1.54) is 6.08 Å². The first kappa shape index (κ1) is 24.3. The molecule has 0 spiro atoms. The fourth-order valence-corrected chi connectivity index (χ4v) is 3.36. The number of aliphatic hydroxyl groups excluding tert-OH is 3. The first-order valence-corrected chi connectivity index (χ1v) is 10.7. The maximum absolute atomic E-state index is 11.8. The van der Waals surface area contributed by atoms with Gasteiger partial charge >= 0.3 is 5.97 Å². The summed E-state index contributed by atoms with van der Waals surface area (Å²) in [4.78, 5) is 11.8. The smallest absolute Gasteiger partial charge is 0.331 e. The molecule has 0 aromatic rings. The van der Waals surface area contributed by atoms with E-state index in [9.17, 15) is 20.1 Å². The van der Waals surface area contributed by atoms with Gasteiger partial charge in [0.25, 0.3) is 0 Å². The van der Waals surface area contributed by atoms with Crippen LogP contribution in [0.1, 0.15) is 45.4 Å². The predicted octanol–water partition coefficient (Wildman–Crippen LogP) is 2.90. The van der Waals surface area contributed by atoms with E-state index < -0.39 is 30.4 Å². The highest BCUT2D eigenvalue weighted by Crippen LogP contribution is 2.24. The average Bonchev–Trinajstić information content (AvgIpc) is 2.69. The molecule has 0 aromatic heterocycles. The van der Waals surface area contributed by atoms with Crippen molar-refractivity contribution in [2.24, 2.45) is 0 Å². The Labute approximate surface area is 178 Å². The molecule has 0 saturated carbocycles. The van der Waals surface area contributed by atoms with E-state index in [1.54, 1.807) is 36.5 Å². The third kappa shape index (κ3) is 9.22. The predicted molar refractivity (Wildman–Crippen MR) is 116 cm³/mol. The summed E-state index contributed by atoms with van der Waals surface area (Å²) >= 11 is 0. The Hall–Kier alpha value is -1.99. The summed E-state index contributed by atoms with van der Waals surface area (Å²) in [5.41, 5.74) is 0. The summed E-state index contributed by atoms with van der Waals surface area (Å²) in [7, 11) is 0. The van der Waals surface area contributed by atoms with Crippen LogP contribution in [0, 0.1) is 0 Å². The summed E-state index contributed by atoms with van der Waals surface area (Å²) in [6, 6.07) is 0. The van der Waals surface area contributed by atoms with Crippen LogP contribution in [0.5, 0.6) is 0 Å². The number of cyclic esters (lactones) is 1. The number of esters is 1. The Morgan fingerprint density at radius 3 is 2.57 bits per heavy atom. The van der Waals surface area contributed by atoms with E-state index >= 15 is 0 Å². The van der Waals surface area contributed by atoms with Crippen LogP contribution in [-0.2, 0) is 14.3 Å². The van der Waals surface area contributed by atoms with Gasteiger partial charge in [-0.25, -0.2) is 4.79 Å². The molecule has 0 aliphatic carbocycles. The lowest BCUT2D eigenvalue weighted by molar-refractivity contribution is -0.149. The monoisotopic (exact) mass is 418 g/mol. The SMILES string of the molecule is CC1CCCC=CC2OC(CC=CC=CC(O)CC=CC=CC(=O)O1)CC(O)C2O. The average molecular weight is 419 g/mol. The van der Waals surface area contributed by atoms with Crippen LogP contribution in [-0.4, -0.2) is 57.9 Å². The molecule has 0 amide bonds. The third-order valence-corrected chi connectivity index (χ3v) is 5.05. The molecule has 3 N–H and O–H groups in total. The maximum atomic E-state index is 11.8. The number of carbonyl (C=O) groups excluding carboxylic acids is 1. The van der Waals surface area contributed by atoms with Gasteiger partial charge in [-0.15, -0.1) is 0 Å². The molecule has 2 bridgehead atoms. The summed E-state index contributed by atoms with van der Waals surface area (Å²) in [5, 5.41) is 30.3. The molecular formula is C24H34O6. The Kier molecular flexibility index (Phi) is 10.8. The van der Waals surface area contributed by atoms with Crippen molar-refractivity contribution in [3.05, 3.63) is 60.8 Å². The van der Waals surface area contributed by atoms with Crippen molar-refractivity contribution in [2.75, 3.05) is 0 Å². The molecule has 1 fully saturated rings. The highest BCUT2D eigenvalue weighted by atomic mass is 16.5. The van der Waals surface area contributed by atoms with E-state index in [1.807, 2.05) is 25.2 Å². The summed E-state index contributed by atoms with van der Waals surface area (Å²) in [6.45, 7) is 1.86. The van der Waals surface area contributed by atoms with Gasteiger partial charge in [-0.2, -0.15) is 0 Å². The number of rotatable bonds is 0. The van der Waals surface area contributed by atoms with Crippen molar-refractivity contribution < 1.29 is 29.6 Å². The zero-order valence-electron chi connectivity index (χ0n) is 17.5.